The minimum absolute atomic E-state index is 0.0621. The van der Waals surface area contributed by atoms with Crippen molar-refractivity contribution >= 4 is 28.0 Å². The molecule has 1 aliphatic heterocycles. The van der Waals surface area contributed by atoms with Crippen LogP contribution in [0.2, 0.25) is 0 Å². The molecule has 4 heterocycles. The van der Waals surface area contributed by atoms with Crippen molar-refractivity contribution in [2.24, 2.45) is 5.92 Å². The molecule has 1 aromatic carbocycles. The zero-order valence-electron chi connectivity index (χ0n) is 25.6. The summed E-state index contributed by atoms with van der Waals surface area (Å²) in [5.41, 5.74) is 10.1. The van der Waals surface area contributed by atoms with Crippen molar-refractivity contribution in [2.75, 3.05) is 26.0 Å². The number of aromatic amines is 1. The van der Waals surface area contributed by atoms with Crippen LogP contribution < -0.4 is 5.73 Å². The number of anilines is 1. The van der Waals surface area contributed by atoms with E-state index in [1.54, 1.807) is 11.7 Å². The van der Waals surface area contributed by atoms with Gasteiger partial charge in [-0.15, -0.1) is 0 Å². The number of methoxy groups -OCH3 is 1. The predicted molar refractivity (Wildman–Crippen MR) is 163 cm³/mol. The number of H-pyrrole nitrogens is 1. The molecule has 12 nitrogen and oxygen atoms in total. The Kier molecular flexibility index (Phi) is 8.16. The number of aryl methyl sites for hydroxylation is 1. The van der Waals surface area contributed by atoms with Crippen molar-refractivity contribution in [1.29, 1.82) is 0 Å². The minimum atomic E-state index is -1.12. The number of ether oxygens (including phenoxy) is 2. The normalized spacial score (nSPS) is 26.3. The summed E-state index contributed by atoms with van der Waals surface area (Å²) in [5.74, 6) is 1.91. The Hall–Kier alpha value is -3.16. The van der Waals surface area contributed by atoms with Gasteiger partial charge in [-0.3, -0.25) is 9.47 Å². The van der Waals surface area contributed by atoms with Gasteiger partial charge in [-0.05, 0) is 56.7 Å². The van der Waals surface area contributed by atoms with Crippen LogP contribution in [0.25, 0.3) is 22.2 Å². The lowest BCUT2D eigenvalue weighted by molar-refractivity contribution is -0.0620. The Morgan fingerprint density at radius 1 is 1.19 bits per heavy atom. The van der Waals surface area contributed by atoms with Gasteiger partial charge < -0.3 is 30.4 Å². The van der Waals surface area contributed by atoms with Crippen LogP contribution >= 0.6 is 0 Å². The van der Waals surface area contributed by atoms with E-state index in [4.69, 9.17) is 20.2 Å². The Morgan fingerprint density at radius 2 is 1.98 bits per heavy atom. The minimum Gasteiger partial charge on any atom is -0.387 e. The SMILES string of the molecule is COCC(C)(C)c1ccc2nc(CCC3CC(N(CC4OC(n5cnc6c(N)ncnc65)C(O)C4O)C(C)C)C3)[nH]c2c1. The van der Waals surface area contributed by atoms with Crippen LogP contribution in [-0.2, 0) is 21.3 Å². The van der Waals surface area contributed by atoms with Gasteiger partial charge in [0.05, 0.1) is 24.0 Å². The summed E-state index contributed by atoms with van der Waals surface area (Å²) in [5, 5.41) is 21.9. The first kappa shape index (κ1) is 29.9. The maximum atomic E-state index is 11.0. The third-order valence-electron chi connectivity index (χ3n) is 9.34. The van der Waals surface area contributed by atoms with Gasteiger partial charge in [0.15, 0.2) is 17.7 Å². The van der Waals surface area contributed by atoms with Crippen molar-refractivity contribution in [3.63, 3.8) is 0 Å². The first-order valence-corrected chi connectivity index (χ1v) is 15.2. The molecular weight excluding hydrogens is 548 g/mol. The molecule has 1 saturated heterocycles. The second kappa shape index (κ2) is 11.7. The van der Waals surface area contributed by atoms with E-state index < -0.39 is 24.5 Å². The lowest BCUT2D eigenvalue weighted by atomic mass is 9.76. The van der Waals surface area contributed by atoms with Crippen LogP contribution in [0.15, 0.2) is 30.9 Å². The zero-order valence-corrected chi connectivity index (χ0v) is 25.6. The van der Waals surface area contributed by atoms with E-state index in [2.05, 4.69) is 70.7 Å². The van der Waals surface area contributed by atoms with Gasteiger partial charge in [-0.25, -0.2) is 19.9 Å². The highest BCUT2D eigenvalue weighted by Crippen LogP contribution is 2.38. The fraction of sp³-hybridized carbons (Fsp3) is 0.613. The number of fused-ring (bicyclic) bond motifs is 2. The van der Waals surface area contributed by atoms with Crippen LogP contribution in [0, 0.1) is 5.92 Å². The van der Waals surface area contributed by atoms with Gasteiger partial charge in [0.2, 0.25) is 0 Å². The molecule has 43 heavy (non-hydrogen) atoms. The number of rotatable bonds is 11. The molecule has 6 rings (SSSR count). The molecular formula is C31H44N8O4. The second-order valence-corrected chi connectivity index (χ2v) is 13.2. The first-order chi connectivity index (χ1) is 20.6. The predicted octanol–water partition coefficient (Wildman–Crippen LogP) is 2.95. The topological polar surface area (TPSA) is 160 Å². The number of hydrogen-bond acceptors (Lipinski definition) is 10. The number of benzene rings is 1. The van der Waals surface area contributed by atoms with Gasteiger partial charge in [-0.1, -0.05) is 19.9 Å². The number of nitrogens with zero attached hydrogens (tertiary/aromatic N) is 6. The summed E-state index contributed by atoms with van der Waals surface area (Å²) in [6, 6.07) is 7.12. The lowest BCUT2D eigenvalue weighted by Crippen LogP contribution is -2.52. The number of aliphatic hydroxyl groups excluding tert-OH is 2. The third kappa shape index (κ3) is 5.74. The molecule has 4 unspecified atom stereocenters. The summed E-state index contributed by atoms with van der Waals surface area (Å²) in [6.07, 6.45) is 3.53. The van der Waals surface area contributed by atoms with E-state index in [1.165, 1.54) is 18.2 Å². The van der Waals surface area contributed by atoms with Crippen molar-refractivity contribution in [3.05, 3.63) is 42.2 Å². The number of aliphatic hydroxyl groups is 2. The fourth-order valence-corrected chi connectivity index (χ4v) is 6.75. The van der Waals surface area contributed by atoms with Crippen LogP contribution in [0.3, 0.4) is 0 Å². The standard InChI is InChI=1S/C31H44N8O4/c1-17(2)38(13-23-26(40)27(41)30(43-23)39-16-35-25-28(32)33-15-34-29(25)39)20-10-18(11-20)6-9-24-36-21-8-7-19(12-22(21)37-24)31(3,4)14-42-5/h7-8,12,15-18,20,23,26-27,30,40-41H,6,9-11,13-14H2,1-5H3,(H,36,37)(H2,32,33,34). The van der Waals surface area contributed by atoms with Gasteiger partial charge in [0, 0.05) is 37.6 Å². The summed E-state index contributed by atoms with van der Waals surface area (Å²) in [7, 11) is 1.74. The molecule has 1 saturated carbocycles. The van der Waals surface area contributed by atoms with Gasteiger partial charge in [0.25, 0.3) is 0 Å². The van der Waals surface area contributed by atoms with E-state index >= 15 is 0 Å². The Bertz CT molecular complexity index is 1560. The molecule has 1 aliphatic carbocycles. The molecule has 2 aliphatic rings. The molecule has 0 bridgehead atoms. The highest BCUT2D eigenvalue weighted by molar-refractivity contribution is 5.81. The number of aromatic nitrogens is 6. The summed E-state index contributed by atoms with van der Waals surface area (Å²) in [4.78, 5) is 23.3. The first-order valence-electron chi connectivity index (χ1n) is 15.2. The monoisotopic (exact) mass is 592 g/mol. The molecule has 0 radical (unpaired) electrons. The quantitative estimate of drug-likeness (QED) is 0.204. The van der Waals surface area contributed by atoms with E-state index in [1.807, 2.05) is 0 Å². The maximum absolute atomic E-state index is 11.0. The van der Waals surface area contributed by atoms with Gasteiger partial charge in [-0.2, -0.15) is 0 Å². The third-order valence-corrected chi connectivity index (χ3v) is 9.34. The van der Waals surface area contributed by atoms with E-state index in [9.17, 15) is 10.2 Å². The average molecular weight is 593 g/mol. The number of nitrogens with one attached hydrogen (secondary N) is 1. The highest BCUT2D eigenvalue weighted by atomic mass is 16.6. The Balaban J connectivity index is 1.05. The summed E-state index contributed by atoms with van der Waals surface area (Å²) < 4.78 is 13.3. The van der Waals surface area contributed by atoms with E-state index in [-0.39, 0.29) is 17.3 Å². The molecule has 2 fully saturated rings. The second-order valence-electron chi connectivity index (χ2n) is 13.2. The van der Waals surface area contributed by atoms with Gasteiger partial charge >= 0.3 is 0 Å². The molecule has 232 valence electrons. The van der Waals surface area contributed by atoms with Gasteiger partial charge in [0.1, 0.15) is 36.0 Å². The number of hydrogen-bond donors (Lipinski definition) is 4. The number of nitrogens with two attached hydrogens (primary N) is 1. The largest absolute Gasteiger partial charge is 0.387 e. The van der Waals surface area contributed by atoms with Crippen LogP contribution in [0.4, 0.5) is 5.82 Å². The number of nitrogen functional groups attached to an aromatic ring is 1. The highest BCUT2D eigenvalue weighted by Gasteiger charge is 2.46. The maximum Gasteiger partial charge on any atom is 0.167 e. The van der Waals surface area contributed by atoms with Crippen molar-refractivity contribution in [2.45, 2.75) is 95.4 Å². The van der Waals surface area contributed by atoms with Crippen molar-refractivity contribution in [1.82, 2.24) is 34.4 Å². The molecule has 0 amide bonds. The summed E-state index contributed by atoms with van der Waals surface area (Å²) >= 11 is 0. The molecule has 3 aromatic heterocycles. The molecule has 4 aromatic rings. The Morgan fingerprint density at radius 3 is 2.72 bits per heavy atom. The Labute approximate surface area is 251 Å². The summed E-state index contributed by atoms with van der Waals surface area (Å²) in [6.45, 7) is 9.91. The average Bonchev–Trinajstić information content (AvgIpc) is 3.63. The lowest BCUT2D eigenvalue weighted by Gasteiger charge is -2.46. The van der Waals surface area contributed by atoms with Crippen LogP contribution in [-0.4, -0.2) is 95.3 Å². The number of imidazole rings is 2. The van der Waals surface area contributed by atoms with E-state index in [0.717, 1.165) is 42.5 Å². The van der Waals surface area contributed by atoms with Crippen molar-refractivity contribution in [3.8, 4) is 0 Å². The van der Waals surface area contributed by atoms with Crippen LogP contribution in [0.5, 0.6) is 0 Å². The molecule has 12 heteroatoms. The molecule has 0 spiro atoms. The van der Waals surface area contributed by atoms with Crippen molar-refractivity contribution < 1.29 is 19.7 Å². The molecule has 5 N–H and O–H groups in total. The fourth-order valence-electron chi connectivity index (χ4n) is 6.75. The zero-order chi connectivity index (χ0) is 30.5. The van der Waals surface area contributed by atoms with Crippen LogP contribution in [0.1, 0.15) is 64.6 Å². The van der Waals surface area contributed by atoms with E-state index in [0.29, 0.717) is 36.3 Å². The smallest absolute Gasteiger partial charge is 0.167 e. The molecule has 4 atom stereocenters.